The molecule has 0 aromatic rings. The lowest BCUT2D eigenvalue weighted by Crippen LogP contribution is -2.16. The molecule has 5 nitrogen and oxygen atoms in total. The predicted molar refractivity (Wildman–Crippen MR) is 45.8 cm³/mol. The zero-order valence-electron chi connectivity index (χ0n) is 7.93. The smallest absolute Gasteiger partial charge is 0.406 e. The summed E-state index contributed by atoms with van der Waals surface area (Å²) in [6.45, 7) is 1.82. The Labute approximate surface area is 72.5 Å². The second-order valence-corrected chi connectivity index (χ2v) is 1.77. The summed E-state index contributed by atoms with van der Waals surface area (Å²) in [6.07, 6.45) is 0.172. The van der Waals surface area contributed by atoms with Crippen molar-refractivity contribution in [3.63, 3.8) is 0 Å². The number of carbonyl (C=O) groups is 2. The molecular weight excluding hydrogens is 160 g/mol. The molecule has 0 aliphatic carbocycles. The molecule has 2 amide bonds. The second kappa shape index (κ2) is 9.74. The van der Waals surface area contributed by atoms with Crippen molar-refractivity contribution >= 4 is 12.0 Å². The van der Waals surface area contributed by atoms with Gasteiger partial charge in [0.15, 0.2) is 0 Å². The van der Waals surface area contributed by atoms with Gasteiger partial charge in [-0.1, -0.05) is 6.92 Å². The number of hydrogen-bond acceptors (Lipinski definition) is 3. The number of methoxy groups -OCH3 is 1. The van der Waals surface area contributed by atoms with E-state index in [1.54, 1.807) is 7.05 Å². The Bertz CT molecular complexity index is 109. The monoisotopic (exact) mass is 176 g/mol. The van der Waals surface area contributed by atoms with Crippen LogP contribution in [0.3, 0.4) is 0 Å². The summed E-state index contributed by atoms with van der Waals surface area (Å²) in [7, 11) is 4.45. The molecule has 0 rings (SSSR count). The standard InChI is InChI=1S/C4H9NO.C3H7NO2/c1-3-4(6)5-2;1-4-3(5)6-2/h3H2,1-2H3,(H,5,6);1-2H3,(H,4,5). The van der Waals surface area contributed by atoms with E-state index in [4.69, 9.17) is 0 Å². The fraction of sp³-hybridized carbons (Fsp3) is 0.714. The number of hydrogen-bond donors (Lipinski definition) is 2. The maximum absolute atomic E-state index is 10.1. The zero-order valence-corrected chi connectivity index (χ0v) is 7.93. The topological polar surface area (TPSA) is 67.4 Å². The fourth-order valence-electron chi connectivity index (χ4n) is 0.279. The molecule has 0 heterocycles. The number of rotatable bonds is 1. The molecule has 0 unspecified atom stereocenters. The van der Waals surface area contributed by atoms with E-state index < -0.39 is 6.09 Å². The number of ether oxygens (including phenoxy) is 1. The minimum atomic E-state index is -0.407. The van der Waals surface area contributed by atoms with E-state index in [-0.39, 0.29) is 5.91 Å². The van der Waals surface area contributed by atoms with Crippen molar-refractivity contribution in [3.05, 3.63) is 0 Å². The first-order valence-electron chi connectivity index (χ1n) is 3.58. The lowest BCUT2D eigenvalue weighted by molar-refractivity contribution is -0.120. The molecule has 0 radical (unpaired) electrons. The predicted octanol–water partition coefficient (Wildman–Crippen LogP) is 0.115. The lowest BCUT2D eigenvalue weighted by Gasteiger charge is -1.90. The summed E-state index contributed by atoms with van der Waals surface area (Å²) in [4.78, 5) is 19.9. The number of nitrogens with one attached hydrogen (secondary N) is 2. The summed E-state index contributed by atoms with van der Waals surface area (Å²) < 4.78 is 4.15. The van der Waals surface area contributed by atoms with E-state index in [0.717, 1.165) is 0 Å². The molecule has 5 heteroatoms. The number of carbonyl (C=O) groups excluding carboxylic acids is 2. The summed E-state index contributed by atoms with van der Waals surface area (Å²) >= 11 is 0. The minimum absolute atomic E-state index is 0.0926. The first-order valence-corrected chi connectivity index (χ1v) is 3.58. The molecular formula is C7H16N2O3. The molecule has 2 N–H and O–H groups in total. The first-order chi connectivity index (χ1) is 5.62. The lowest BCUT2D eigenvalue weighted by atomic mass is 10.5. The highest BCUT2D eigenvalue weighted by atomic mass is 16.5. The van der Waals surface area contributed by atoms with Crippen LogP contribution < -0.4 is 10.6 Å². The summed E-state index contributed by atoms with van der Waals surface area (Å²) in [5, 5.41) is 4.73. The van der Waals surface area contributed by atoms with Crippen LogP contribution in [0.1, 0.15) is 13.3 Å². The van der Waals surface area contributed by atoms with Gasteiger partial charge in [-0.3, -0.25) is 4.79 Å². The summed E-state index contributed by atoms with van der Waals surface area (Å²) in [5.41, 5.74) is 0. The van der Waals surface area contributed by atoms with E-state index in [9.17, 15) is 9.59 Å². The van der Waals surface area contributed by atoms with Crippen LogP contribution in [0.4, 0.5) is 4.79 Å². The van der Waals surface area contributed by atoms with Crippen LogP contribution in [0.5, 0.6) is 0 Å². The van der Waals surface area contributed by atoms with E-state index in [1.165, 1.54) is 14.2 Å². The normalized spacial score (nSPS) is 7.33. The van der Waals surface area contributed by atoms with Gasteiger partial charge >= 0.3 is 6.09 Å². The van der Waals surface area contributed by atoms with Gasteiger partial charge in [-0.2, -0.15) is 0 Å². The maximum atomic E-state index is 10.1. The third-order valence-electron chi connectivity index (χ3n) is 0.989. The molecule has 72 valence electrons. The van der Waals surface area contributed by atoms with Crippen molar-refractivity contribution in [1.82, 2.24) is 10.6 Å². The second-order valence-electron chi connectivity index (χ2n) is 1.77. The van der Waals surface area contributed by atoms with Crippen LogP contribution in [0.25, 0.3) is 0 Å². The maximum Gasteiger partial charge on any atom is 0.406 e. The van der Waals surface area contributed by atoms with Crippen molar-refractivity contribution in [2.75, 3.05) is 21.2 Å². The average Bonchev–Trinajstić information content (AvgIpc) is 2.16. The van der Waals surface area contributed by atoms with Gasteiger partial charge in [-0.15, -0.1) is 0 Å². The Morgan fingerprint density at radius 1 is 1.25 bits per heavy atom. The van der Waals surface area contributed by atoms with Gasteiger partial charge in [0, 0.05) is 20.5 Å². The molecule has 0 aliphatic heterocycles. The highest BCUT2D eigenvalue weighted by molar-refractivity contribution is 5.74. The van der Waals surface area contributed by atoms with E-state index in [2.05, 4.69) is 15.4 Å². The van der Waals surface area contributed by atoms with Crippen LogP contribution in [0, 0.1) is 0 Å². The van der Waals surface area contributed by atoms with Crippen LogP contribution in [0.15, 0.2) is 0 Å². The van der Waals surface area contributed by atoms with Crippen LogP contribution in [-0.2, 0) is 9.53 Å². The van der Waals surface area contributed by atoms with Crippen LogP contribution >= 0.6 is 0 Å². The highest BCUT2D eigenvalue weighted by Gasteiger charge is 1.85. The first kappa shape index (κ1) is 13.3. The summed E-state index contributed by atoms with van der Waals surface area (Å²) in [6, 6.07) is 0. The van der Waals surface area contributed by atoms with Crippen molar-refractivity contribution in [1.29, 1.82) is 0 Å². The number of amides is 2. The minimum Gasteiger partial charge on any atom is -0.453 e. The van der Waals surface area contributed by atoms with Gasteiger partial charge in [0.25, 0.3) is 0 Å². The zero-order chi connectivity index (χ0) is 9.98. The van der Waals surface area contributed by atoms with Crippen molar-refractivity contribution in [2.24, 2.45) is 0 Å². The van der Waals surface area contributed by atoms with Gasteiger partial charge in [0.05, 0.1) is 7.11 Å². The van der Waals surface area contributed by atoms with E-state index >= 15 is 0 Å². The van der Waals surface area contributed by atoms with Crippen LogP contribution in [0.2, 0.25) is 0 Å². The summed E-state index contributed by atoms with van der Waals surface area (Å²) in [5.74, 6) is 0.0926. The molecule has 0 bridgehead atoms. The Morgan fingerprint density at radius 2 is 1.75 bits per heavy atom. The van der Waals surface area contributed by atoms with E-state index in [1.807, 2.05) is 6.92 Å². The van der Waals surface area contributed by atoms with Crippen molar-refractivity contribution < 1.29 is 14.3 Å². The molecule has 0 aromatic heterocycles. The molecule has 0 spiro atoms. The quantitative estimate of drug-likeness (QED) is 0.596. The average molecular weight is 176 g/mol. The SMILES string of the molecule is CCC(=O)NC.CNC(=O)OC. The van der Waals surface area contributed by atoms with Gasteiger partial charge in [0.1, 0.15) is 0 Å². The third kappa shape index (κ3) is 11.5. The molecule has 0 saturated heterocycles. The van der Waals surface area contributed by atoms with Crippen molar-refractivity contribution in [2.45, 2.75) is 13.3 Å². The highest BCUT2D eigenvalue weighted by Crippen LogP contribution is 1.68. The molecule has 0 aromatic carbocycles. The largest absolute Gasteiger partial charge is 0.453 e. The van der Waals surface area contributed by atoms with Gasteiger partial charge in [-0.05, 0) is 0 Å². The van der Waals surface area contributed by atoms with Gasteiger partial charge < -0.3 is 15.4 Å². The molecule has 0 aliphatic rings. The Kier molecular flexibility index (Phi) is 10.8. The Hall–Kier alpha value is -1.26. The number of alkyl carbamates (subject to hydrolysis) is 1. The molecule has 0 saturated carbocycles. The van der Waals surface area contributed by atoms with Crippen molar-refractivity contribution in [3.8, 4) is 0 Å². The molecule has 0 fully saturated rings. The fourth-order valence-corrected chi connectivity index (χ4v) is 0.279. The Balaban J connectivity index is 0. The molecule has 12 heavy (non-hydrogen) atoms. The van der Waals surface area contributed by atoms with Crippen LogP contribution in [-0.4, -0.2) is 33.2 Å². The Morgan fingerprint density at radius 3 is 1.75 bits per heavy atom. The van der Waals surface area contributed by atoms with Gasteiger partial charge in [-0.25, -0.2) is 4.79 Å². The van der Waals surface area contributed by atoms with E-state index in [0.29, 0.717) is 6.42 Å². The van der Waals surface area contributed by atoms with Gasteiger partial charge in [0.2, 0.25) is 5.91 Å². The third-order valence-corrected chi connectivity index (χ3v) is 0.989. The molecule has 0 atom stereocenters.